The molecular formula is C15H17FN2O2. The third-order valence-electron chi connectivity index (χ3n) is 3.84. The third kappa shape index (κ3) is 2.53. The topological polar surface area (TPSA) is 50.7 Å². The Hall–Kier alpha value is -1.91. The normalized spacial score (nSPS) is 24.6. The van der Waals surface area contributed by atoms with E-state index in [1.807, 2.05) is 6.92 Å². The van der Waals surface area contributed by atoms with Crippen molar-refractivity contribution in [2.24, 2.45) is 5.16 Å². The first-order valence-corrected chi connectivity index (χ1v) is 6.91. The number of oxime groups is 1. The highest BCUT2D eigenvalue weighted by Crippen LogP contribution is 2.30. The number of aryl methyl sites for hydroxylation is 1. The van der Waals surface area contributed by atoms with Crippen molar-refractivity contribution in [1.82, 2.24) is 5.32 Å². The lowest BCUT2D eigenvalue weighted by atomic mass is 9.87. The van der Waals surface area contributed by atoms with E-state index >= 15 is 0 Å². The molecule has 2 atom stereocenters. The maximum atomic E-state index is 13.3. The molecule has 4 nitrogen and oxygen atoms in total. The molecule has 0 bridgehead atoms. The van der Waals surface area contributed by atoms with E-state index in [4.69, 9.17) is 4.84 Å². The Kier molecular flexibility index (Phi) is 3.42. The first-order chi connectivity index (χ1) is 9.63. The molecule has 20 heavy (non-hydrogen) atoms. The zero-order valence-corrected chi connectivity index (χ0v) is 11.4. The summed E-state index contributed by atoms with van der Waals surface area (Å²) >= 11 is 0. The minimum atomic E-state index is -0.527. The fourth-order valence-corrected chi connectivity index (χ4v) is 2.83. The second-order valence-electron chi connectivity index (χ2n) is 5.42. The Bertz CT molecular complexity index is 571. The lowest BCUT2D eigenvalue weighted by molar-refractivity contribution is -0.132. The summed E-state index contributed by atoms with van der Waals surface area (Å²) in [6.07, 6.45) is 2.69. The smallest absolute Gasteiger partial charge is 0.264 e. The van der Waals surface area contributed by atoms with Gasteiger partial charge in [0.15, 0.2) is 0 Å². The van der Waals surface area contributed by atoms with Crippen molar-refractivity contribution in [3.05, 3.63) is 35.1 Å². The number of nitrogens with zero attached hydrogens (tertiary/aromatic N) is 1. The summed E-state index contributed by atoms with van der Waals surface area (Å²) in [5.41, 5.74) is 2.83. The molecule has 1 N–H and O–H groups in total. The number of hydrogen-bond donors (Lipinski definition) is 1. The molecule has 1 aliphatic carbocycles. The van der Waals surface area contributed by atoms with E-state index in [0.717, 1.165) is 36.1 Å². The maximum absolute atomic E-state index is 13.3. The van der Waals surface area contributed by atoms with E-state index in [9.17, 15) is 9.18 Å². The molecule has 1 amide bonds. The van der Waals surface area contributed by atoms with Crippen LogP contribution < -0.4 is 5.32 Å². The van der Waals surface area contributed by atoms with Gasteiger partial charge in [0.05, 0.1) is 11.8 Å². The zero-order valence-electron chi connectivity index (χ0n) is 11.4. The van der Waals surface area contributed by atoms with Gasteiger partial charge in [0.1, 0.15) is 5.82 Å². The highest BCUT2D eigenvalue weighted by atomic mass is 19.1. The molecule has 0 saturated heterocycles. The number of carbonyl (C=O) groups is 1. The van der Waals surface area contributed by atoms with E-state index in [1.54, 1.807) is 12.1 Å². The van der Waals surface area contributed by atoms with Crippen molar-refractivity contribution in [2.45, 2.75) is 44.8 Å². The number of carbonyl (C=O) groups excluding carboxylic acids is 1. The van der Waals surface area contributed by atoms with Crippen LogP contribution >= 0.6 is 0 Å². The van der Waals surface area contributed by atoms with Crippen LogP contribution in [-0.2, 0) is 16.1 Å². The van der Waals surface area contributed by atoms with Gasteiger partial charge in [-0.2, -0.15) is 0 Å². The molecule has 0 aromatic heterocycles. The van der Waals surface area contributed by atoms with Crippen LogP contribution in [-0.4, -0.2) is 17.7 Å². The molecule has 0 spiro atoms. The quantitative estimate of drug-likeness (QED) is 0.902. The summed E-state index contributed by atoms with van der Waals surface area (Å²) in [6, 6.07) is 4.72. The van der Waals surface area contributed by atoms with E-state index < -0.39 is 6.10 Å². The molecule has 5 heteroatoms. The van der Waals surface area contributed by atoms with Crippen LogP contribution in [0.2, 0.25) is 0 Å². The summed E-state index contributed by atoms with van der Waals surface area (Å²) in [6.45, 7) is 1.84. The van der Waals surface area contributed by atoms with Gasteiger partial charge in [0.2, 0.25) is 6.10 Å². The molecule has 0 fully saturated rings. The first-order valence-electron chi connectivity index (χ1n) is 6.91. The predicted molar refractivity (Wildman–Crippen MR) is 72.8 cm³/mol. The molecule has 1 aliphatic heterocycles. The van der Waals surface area contributed by atoms with Crippen LogP contribution in [0.3, 0.4) is 0 Å². The Balaban J connectivity index is 1.72. The average Bonchev–Trinajstić information content (AvgIpc) is 2.85. The Morgan fingerprint density at radius 3 is 3.10 bits per heavy atom. The number of halogens is 1. The van der Waals surface area contributed by atoms with Crippen molar-refractivity contribution in [3.63, 3.8) is 0 Å². The molecule has 1 aromatic rings. The second-order valence-corrected chi connectivity index (χ2v) is 5.42. The van der Waals surface area contributed by atoms with Crippen molar-refractivity contribution in [1.29, 1.82) is 0 Å². The summed E-state index contributed by atoms with van der Waals surface area (Å²) in [4.78, 5) is 17.2. The van der Waals surface area contributed by atoms with Crippen molar-refractivity contribution in [2.75, 3.05) is 0 Å². The zero-order chi connectivity index (χ0) is 14.1. The summed E-state index contributed by atoms with van der Waals surface area (Å²) in [7, 11) is 0. The van der Waals surface area contributed by atoms with Crippen LogP contribution in [0.5, 0.6) is 0 Å². The number of hydrogen-bond acceptors (Lipinski definition) is 3. The van der Waals surface area contributed by atoms with Gasteiger partial charge < -0.3 is 10.2 Å². The summed E-state index contributed by atoms with van der Waals surface area (Å²) < 4.78 is 13.3. The number of benzene rings is 1. The molecular weight excluding hydrogens is 259 g/mol. The largest absolute Gasteiger partial charge is 0.382 e. The monoisotopic (exact) mass is 276 g/mol. The van der Waals surface area contributed by atoms with Gasteiger partial charge in [-0.1, -0.05) is 11.2 Å². The number of amides is 1. The van der Waals surface area contributed by atoms with Gasteiger partial charge in [-0.3, -0.25) is 4.79 Å². The molecule has 3 rings (SSSR count). The molecule has 1 unspecified atom stereocenters. The van der Waals surface area contributed by atoms with E-state index in [1.165, 1.54) is 6.07 Å². The highest BCUT2D eigenvalue weighted by molar-refractivity contribution is 5.91. The van der Waals surface area contributed by atoms with E-state index in [-0.39, 0.29) is 17.8 Å². The van der Waals surface area contributed by atoms with Gasteiger partial charge in [-0.05, 0) is 49.4 Å². The second kappa shape index (κ2) is 5.23. The lowest BCUT2D eigenvalue weighted by Gasteiger charge is -2.27. The SMILES string of the molecule is CC1=NOC(C(=O)N[C@H]2CCCc3cc(F)ccc32)C1. The lowest BCUT2D eigenvalue weighted by Crippen LogP contribution is -2.38. The van der Waals surface area contributed by atoms with E-state index in [2.05, 4.69) is 10.5 Å². The molecule has 2 aliphatic rings. The van der Waals surface area contributed by atoms with Crippen LogP contribution in [0.1, 0.15) is 43.4 Å². The molecule has 0 saturated carbocycles. The van der Waals surface area contributed by atoms with Crippen LogP contribution in [0, 0.1) is 5.82 Å². The van der Waals surface area contributed by atoms with Gasteiger partial charge in [0.25, 0.3) is 5.91 Å². The number of nitrogens with one attached hydrogen (secondary N) is 1. The van der Waals surface area contributed by atoms with Crippen molar-refractivity contribution >= 4 is 11.6 Å². The van der Waals surface area contributed by atoms with Gasteiger partial charge >= 0.3 is 0 Å². The van der Waals surface area contributed by atoms with Crippen molar-refractivity contribution < 1.29 is 14.0 Å². The summed E-state index contributed by atoms with van der Waals surface area (Å²) in [5, 5.41) is 6.79. The minimum Gasteiger partial charge on any atom is -0.382 e. The Morgan fingerprint density at radius 2 is 2.35 bits per heavy atom. The number of rotatable bonds is 2. The van der Waals surface area contributed by atoms with Crippen LogP contribution in [0.4, 0.5) is 4.39 Å². The molecule has 0 radical (unpaired) electrons. The van der Waals surface area contributed by atoms with Crippen molar-refractivity contribution in [3.8, 4) is 0 Å². The maximum Gasteiger partial charge on any atom is 0.264 e. The van der Waals surface area contributed by atoms with Crippen LogP contribution in [0.25, 0.3) is 0 Å². The van der Waals surface area contributed by atoms with Gasteiger partial charge in [-0.15, -0.1) is 0 Å². The molecule has 1 heterocycles. The third-order valence-corrected chi connectivity index (χ3v) is 3.84. The predicted octanol–water partition coefficient (Wildman–Crippen LogP) is 2.48. The van der Waals surface area contributed by atoms with Gasteiger partial charge in [-0.25, -0.2) is 4.39 Å². The number of fused-ring (bicyclic) bond motifs is 1. The minimum absolute atomic E-state index is 0.0589. The van der Waals surface area contributed by atoms with Gasteiger partial charge in [0, 0.05) is 6.42 Å². The fraction of sp³-hybridized carbons (Fsp3) is 0.467. The van der Waals surface area contributed by atoms with E-state index in [0.29, 0.717) is 6.42 Å². The highest BCUT2D eigenvalue weighted by Gasteiger charge is 2.29. The standard InChI is InChI=1S/C15H17FN2O2/c1-9-7-14(20-18-9)15(19)17-13-4-2-3-10-8-11(16)5-6-12(10)13/h5-6,8,13-14H,2-4,7H2,1H3,(H,17,19)/t13-,14?/m0/s1. The fourth-order valence-electron chi connectivity index (χ4n) is 2.83. The molecule has 1 aromatic carbocycles. The summed E-state index contributed by atoms with van der Waals surface area (Å²) in [5.74, 6) is -0.369. The Labute approximate surface area is 117 Å². The molecule has 106 valence electrons. The first kappa shape index (κ1) is 13.1. The Morgan fingerprint density at radius 1 is 1.50 bits per heavy atom. The average molecular weight is 276 g/mol. The van der Waals surface area contributed by atoms with Crippen LogP contribution in [0.15, 0.2) is 23.4 Å².